The zero-order valence-electron chi connectivity index (χ0n) is 13.6. The molecule has 17 heavy (non-hydrogen) atoms. The van der Waals surface area contributed by atoms with E-state index in [1.54, 1.807) is 32.2 Å². The number of carbonyl (C=O) groups is 1. The van der Waals surface area contributed by atoms with Crippen molar-refractivity contribution in [2.24, 2.45) is 0 Å². The molecule has 0 bridgehead atoms. The molecule has 0 aliphatic carbocycles. The number of benzene rings is 1. The molecule has 0 aliphatic rings. The lowest BCUT2D eigenvalue weighted by Gasteiger charge is -2.02. The average Bonchev–Trinajstić information content (AvgIpc) is 2.99. The first-order valence-electron chi connectivity index (χ1n) is 7.20. The SMILES string of the molecule is CC.[2H]c1c(C)c([2H])c(C(=O)c2ccc[nH]2)c([2H])c1C. The molecule has 1 aromatic carbocycles. The Labute approximate surface area is 107 Å². The van der Waals surface area contributed by atoms with E-state index in [1.807, 2.05) is 13.8 Å². The minimum Gasteiger partial charge on any atom is -0.359 e. The zero-order valence-corrected chi connectivity index (χ0v) is 10.6. The van der Waals surface area contributed by atoms with Gasteiger partial charge in [0.1, 0.15) is 0 Å². The zero-order chi connectivity index (χ0) is 15.4. The van der Waals surface area contributed by atoms with Crippen LogP contribution in [0.2, 0.25) is 0 Å². The maximum atomic E-state index is 12.2. The largest absolute Gasteiger partial charge is 0.359 e. The third kappa shape index (κ3) is 3.31. The molecule has 1 N–H and O–H groups in total. The molecule has 1 heterocycles. The van der Waals surface area contributed by atoms with Crippen LogP contribution in [0.25, 0.3) is 0 Å². The van der Waals surface area contributed by atoms with Crippen molar-refractivity contribution >= 4 is 5.78 Å². The predicted octanol–water partition coefficient (Wildman–Crippen LogP) is 3.89. The molecule has 0 amide bonds. The summed E-state index contributed by atoms with van der Waals surface area (Å²) in [7, 11) is 0. The van der Waals surface area contributed by atoms with Gasteiger partial charge in [-0.1, -0.05) is 31.0 Å². The number of ketones is 1. The summed E-state index contributed by atoms with van der Waals surface area (Å²) in [6.45, 7) is 7.26. The molecule has 2 nitrogen and oxygen atoms in total. The first-order valence-corrected chi connectivity index (χ1v) is 5.70. The normalized spacial score (nSPS) is 11.9. The van der Waals surface area contributed by atoms with Crippen LogP contribution < -0.4 is 0 Å². The van der Waals surface area contributed by atoms with E-state index >= 15 is 0 Å². The topological polar surface area (TPSA) is 32.9 Å². The van der Waals surface area contributed by atoms with Crippen molar-refractivity contribution in [2.75, 3.05) is 0 Å². The summed E-state index contributed by atoms with van der Waals surface area (Å²) in [6.07, 6.45) is 1.62. The third-order valence-electron chi connectivity index (χ3n) is 2.07. The Hall–Kier alpha value is -1.83. The Balaban J connectivity index is 0.000000956. The maximum Gasteiger partial charge on any atom is 0.209 e. The fraction of sp³-hybridized carbons (Fsp3) is 0.267. The summed E-state index contributed by atoms with van der Waals surface area (Å²) < 4.78 is 23.6. The van der Waals surface area contributed by atoms with Crippen molar-refractivity contribution in [1.82, 2.24) is 4.98 Å². The highest BCUT2D eigenvalue weighted by atomic mass is 16.1. The lowest BCUT2D eigenvalue weighted by molar-refractivity contribution is 0.103. The van der Waals surface area contributed by atoms with E-state index in [0.29, 0.717) is 16.8 Å². The molecule has 90 valence electrons. The quantitative estimate of drug-likeness (QED) is 0.783. The minimum absolute atomic E-state index is 0.0322. The van der Waals surface area contributed by atoms with Crippen LogP contribution in [0.5, 0.6) is 0 Å². The number of aromatic amines is 1. The number of rotatable bonds is 2. The molecule has 0 saturated heterocycles. The fourth-order valence-electron chi connectivity index (χ4n) is 1.47. The van der Waals surface area contributed by atoms with Gasteiger partial charge in [0.05, 0.1) is 9.81 Å². The van der Waals surface area contributed by atoms with Gasteiger partial charge in [0.25, 0.3) is 0 Å². The van der Waals surface area contributed by atoms with E-state index in [9.17, 15) is 4.79 Å². The molecule has 0 unspecified atom stereocenters. The van der Waals surface area contributed by atoms with Gasteiger partial charge in [-0.2, -0.15) is 0 Å². The monoisotopic (exact) mass is 232 g/mol. The summed E-state index contributed by atoms with van der Waals surface area (Å²) in [5.74, 6) is -0.374. The number of nitrogens with one attached hydrogen (secondary N) is 1. The second-order valence-corrected chi connectivity index (χ2v) is 3.41. The Bertz CT molecular complexity index is 590. The van der Waals surface area contributed by atoms with E-state index in [1.165, 1.54) is 0 Å². The van der Waals surface area contributed by atoms with Crippen molar-refractivity contribution in [3.05, 3.63) is 58.8 Å². The molecular formula is C15H19NO. The number of aromatic nitrogens is 1. The third-order valence-corrected chi connectivity index (χ3v) is 2.07. The molecule has 0 aliphatic heterocycles. The lowest BCUT2D eigenvalue weighted by atomic mass is 10.0. The molecule has 0 atom stereocenters. The molecule has 2 aromatic rings. The summed E-state index contributed by atoms with van der Waals surface area (Å²) >= 11 is 0. The van der Waals surface area contributed by atoms with Gasteiger partial charge in [-0.3, -0.25) is 4.79 Å². The van der Waals surface area contributed by atoms with E-state index in [4.69, 9.17) is 4.11 Å². The maximum absolute atomic E-state index is 12.2. The van der Waals surface area contributed by atoms with E-state index in [0.717, 1.165) is 0 Å². The molecule has 2 rings (SSSR count). The lowest BCUT2D eigenvalue weighted by Crippen LogP contribution is -2.02. The van der Waals surface area contributed by atoms with Crippen molar-refractivity contribution in [1.29, 1.82) is 0 Å². The van der Waals surface area contributed by atoms with Crippen molar-refractivity contribution < 1.29 is 8.91 Å². The summed E-state index contributed by atoms with van der Waals surface area (Å²) in [6, 6.07) is 3.40. The summed E-state index contributed by atoms with van der Waals surface area (Å²) in [4.78, 5) is 15.0. The van der Waals surface area contributed by atoms with Gasteiger partial charge in [-0.25, -0.2) is 0 Å². The molecule has 0 saturated carbocycles. The number of H-pyrrole nitrogens is 1. The first-order chi connectivity index (χ1) is 9.45. The van der Waals surface area contributed by atoms with Gasteiger partial charge in [0.15, 0.2) is 0 Å². The highest BCUT2D eigenvalue weighted by Crippen LogP contribution is 2.12. The summed E-state index contributed by atoms with van der Waals surface area (Å²) in [5, 5.41) is 0. The van der Waals surface area contributed by atoms with Crippen molar-refractivity contribution in [2.45, 2.75) is 27.7 Å². The molecule has 1 aromatic heterocycles. The molecule has 0 radical (unpaired) electrons. The Morgan fingerprint density at radius 3 is 2.24 bits per heavy atom. The van der Waals surface area contributed by atoms with Crippen LogP contribution in [0.15, 0.2) is 36.5 Å². The molecule has 2 heteroatoms. The fourth-order valence-corrected chi connectivity index (χ4v) is 1.47. The average molecular weight is 232 g/mol. The molecule has 0 fully saturated rings. The van der Waals surface area contributed by atoms with Crippen molar-refractivity contribution in [3.8, 4) is 0 Å². The van der Waals surface area contributed by atoms with Gasteiger partial charge < -0.3 is 4.98 Å². The standard InChI is InChI=1S/C13H13NO.C2H6/c1-9-6-10(2)8-11(7-9)13(15)12-4-3-5-14-12;1-2/h3-8,14H,1-2H3;1-2H3/i6D,7D,8D;. The van der Waals surface area contributed by atoms with Crippen LogP contribution >= 0.6 is 0 Å². The van der Waals surface area contributed by atoms with Crippen LogP contribution in [-0.2, 0) is 0 Å². The van der Waals surface area contributed by atoms with E-state index < -0.39 is 0 Å². The van der Waals surface area contributed by atoms with Crippen LogP contribution in [0, 0.1) is 13.8 Å². The van der Waals surface area contributed by atoms with Crippen LogP contribution in [0.4, 0.5) is 0 Å². The first kappa shape index (κ1) is 9.23. The second-order valence-electron chi connectivity index (χ2n) is 3.41. The second kappa shape index (κ2) is 6.04. The summed E-state index contributed by atoms with van der Waals surface area (Å²) in [5.41, 5.74) is 1.27. The predicted molar refractivity (Wildman–Crippen MR) is 71.5 cm³/mol. The van der Waals surface area contributed by atoms with Gasteiger partial charge in [0, 0.05) is 11.8 Å². The Morgan fingerprint density at radius 2 is 1.76 bits per heavy atom. The number of hydrogen-bond donors (Lipinski definition) is 1. The van der Waals surface area contributed by atoms with Crippen molar-refractivity contribution in [3.63, 3.8) is 0 Å². The Kier molecular flexibility index (Phi) is 3.28. The van der Waals surface area contributed by atoms with Gasteiger partial charge in [-0.05, 0) is 38.1 Å². The van der Waals surface area contributed by atoms with E-state index in [2.05, 4.69) is 4.98 Å². The minimum atomic E-state index is -0.374. The number of carbonyl (C=O) groups excluding carboxylic acids is 1. The molecule has 0 spiro atoms. The molecular weight excluding hydrogens is 210 g/mol. The smallest absolute Gasteiger partial charge is 0.209 e. The Morgan fingerprint density at radius 1 is 1.18 bits per heavy atom. The highest BCUT2D eigenvalue weighted by Gasteiger charge is 2.09. The van der Waals surface area contributed by atoms with Crippen LogP contribution in [0.3, 0.4) is 0 Å². The van der Waals surface area contributed by atoms with Gasteiger partial charge >= 0.3 is 0 Å². The number of hydrogen-bond acceptors (Lipinski definition) is 1. The van der Waals surface area contributed by atoms with Crippen LogP contribution in [-0.4, -0.2) is 10.8 Å². The van der Waals surface area contributed by atoms with Gasteiger partial charge in [-0.15, -0.1) is 0 Å². The van der Waals surface area contributed by atoms with Crippen LogP contribution in [0.1, 0.15) is 45.1 Å². The van der Waals surface area contributed by atoms with E-state index in [-0.39, 0.29) is 29.5 Å². The highest BCUT2D eigenvalue weighted by molar-refractivity contribution is 6.07. The van der Waals surface area contributed by atoms with Gasteiger partial charge in [0.2, 0.25) is 5.78 Å².